The van der Waals surface area contributed by atoms with E-state index in [1.807, 2.05) is 0 Å². The number of hydrogen-bond donors (Lipinski definition) is 0. The third-order valence-corrected chi connectivity index (χ3v) is 1.26. The Morgan fingerprint density at radius 3 is 2.67 bits per heavy atom. The molecule has 12 heavy (non-hydrogen) atoms. The lowest BCUT2D eigenvalue weighted by atomic mass is 10.3. The van der Waals surface area contributed by atoms with Crippen LogP contribution in [0.1, 0.15) is 12.0 Å². The molecule has 1 aromatic rings. The Balaban J connectivity index is 2.66. The summed E-state index contributed by atoms with van der Waals surface area (Å²) in [5.41, 5.74) is 0.599. The van der Waals surface area contributed by atoms with Crippen molar-refractivity contribution in [2.45, 2.75) is 6.42 Å². The van der Waals surface area contributed by atoms with Gasteiger partial charge in [0.15, 0.2) is 0 Å². The largest absolute Gasteiger partial charge is 0.308 e. The molecule has 62 valence electrons. The van der Waals surface area contributed by atoms with Crippen molar-refractivity contribution in [1.82, 2.24) is 9.97 Å². The summed E-state index contributed by atoms with van der Waals surface area (Å²) in [5, 5.41) is 0. The normalized spacial score (nSPS) is 8.83. The van der Waals surface area contributed by atoms with Crippen molar-refractivity contribution in [3.63, 3.8) is 0 Å². The molecule has 2 nitrogen and oxygen atoms in total. The van der Waals surface area contributed by atoms with E-state index < -0.39 is 6.08 Å². The third-order valence-electron chi connectivity index (χ3n) is 1.07. The first kappa shape index (κ1) is 8.95. The maximum absolute atomic E-state index is 12.2. The molecule has 4 heteroatoms. The molecule has 0 unspecified atom stereocenters. The number of nitrogens with zero attached hydrogens (tertiary/aromatic N) is 2. The van der Waals surface area contributed by atoms with Crippen molar-refractivity contribution < 1.29 is 4.39 Å². The van der Waals surface area contributed by atoms with Crippen LogP contribution in [0.3, 0.4) is 0 Å². The van der Waals surface area contributed by atoms with Gasteiger partial charge >= 0.3 is 6.08 Å². The van der Waals surface area contributed by atoms with Crippen LogP contribution in [0.2, 0.25) is 0 Å². The highest BCUT2D eigenvalue weighted by atomic mass is 35.5. The minimum Gasteiger partial charge on any atom is -0.209 e. The zero-order chi connectivity index (χ0) is 8.81. The average Bonchev–Trinajstić information content (AvgIpc) is 2.09. The second-order valence-electron chi connectivity index (χ2n) is 1.98. The molecule has 1 rings (SSSR count). The van der Waals surface area contributed by atoms with Gasteiger partial charge in [-0.1, -0.05) is 11.8 Å². The lowest BCUT2D eigenvalue weighted by Crippen LogP contribution is -1.87. The molecule has 0 saturated heterocycles. The van der Waals surface area contributed by atoms with Crippen LogP contribution in [0.15, 0.2) is 12.4 Å². The van der Waals surface area contributed by atoms with E-state index in [2.05, 4.69) is 21.8 Å². The topological polar surface area (TPSA) is 25.8 Å². The summed E-state index contributed by atoms with van der Waals surface area (Å²) in [6.07, 6.45) is 2.55. The van der Waals surface area contributed by atoms with Gasteiger partial charge in [-0.15, -0.1) is 11.6 Å². The molecule has 0 aliphatic heterocycles. The molecule has 0 bridgehead atoms. The highest BCUT2D eigenvalue weighted by Gasteiger charge is 1.90. The molecular weight excluding hydrogens is 179 g/mol. The van der Waals surface area contributed by atoms with Crippen LogP contribution in [0.5, 0.6) is 0 Å². The number of rotatable bonds is 1. The number of aromatic nitrogens is 2. The summed E-state index contributed by atoms with van der Waals surface area (Å²) in [4.78, 5) is 6.69. The van der Waals surface area contributed by atoms with Crippen molar-refractivity contribution in [2.24, 2.45) is 0 Å². The molecule has 0 aromatic carbocycles. The van der Waals surface area contributed by atoms with Gasteiger partial charge in [-0.05, 0) is 0 Å². The fraction of sp³-hybridized carbons (Fsp3) is 0.250. The number of alkyl halides is 1. The molecule has 0 aliphatic rings. The van der Waals surface area contributed by atoms with E-state index in [4.69, 9.17) is 11.6 Å². The summed E-state index contributed by atoms with van der Waals surface area (Å²) < 4.78 is 12.2. The fourth-order valence-corrected chi connectivity index (χ4v) is 0.683. The minimum absolute atomic E-state index is 0.495. The molecule has 0 saturated carbocycles. The second kappa shape index (κ2) is 4.68. The monoisotopic (exact) mass is 184 g/mol. The quantitative estimate of drug-likeness (QED) is 0.376. The van der Waals surface area contributed by atoms with Crippen molar-refractivity contribution in [3.05, 3.63) is 24.0 Å². The van der Waals surface area contributed by atoms with E-state index in [0.717, 1.165) is 0 Å². The molecule has 0 aliphatic carbocycles. The van der Waals surface area contributed by atoms with E-state index in [-0.39, 0.29) is 0 Å². The van der Waals surface area contributed by atoms with Crippen molar-refractivity contribution >= 4 is 11.6 Å². The van der Waals surface area contributed by atoms with Gasteiger partial charge in [0, 0.05) is 24.7 Å². The Morgan fingerprint density at radius 1 is 1.42 bits per heavy atom. The minimum atomic E-state index is -0.738. The van der Waals surface area contributed by atoms with E-state index >= 15 is 0 Å². The fourth-order valence-electron chi connectivity index (χ4n) is 0.589. The highest BCUT2D eigenvalue weighted by molar-refractivity contribution is 6.18. The highest BCUT2D eigenvalue weighted by Crippen LogP contribution is 1.92. The van der Waals surface area contributed by atoms with Crippen LogP contribution in [-0.2, 0) is 0 Å². The van der Waals surface area contributed by atoms with Gasteiger partial charge in [0.05, 0.1) is 5.56 Å². The molecule has 0 N–H and O–H groups in total. The van der Waals surface area contributed by atoms with E-state index in [0.29, 0.717) is 17.9 Å². The summed E-state index contributed by atoms with van der Waals surface area (Å²) in [5.74, 6) is 6.03. The predicted octanol–water partition coefficient (Wildman–Crippen LogP) is 1.60. The molecular formula is C8H6ClFN2. The van der Waals surface area contributed by atoms with Crippen molar-refractivity contribution in [3.8, 4) is 11.8 Å². The van der Waals surface area contributed by atoms with Gasteiger partial charge in [0.2, 0.25) is 0 Å². The Morgan fingerprint density at radius 2 is 2.08 bits per heavy atom. The van der Waals surface area contributed by atoms with E-state index in [9.17, 15) is 4.39 Å². The maximum atomic E-state index is 12.2. The average molecular weight is 185 g/mol. The summed E-state index contributed by atoms with van der Waals surface area (Å²) >= 11 is 5.40. The Hall–Kier alpha value is -1.14. The zero-order valence-corrected chi connectivity index (χ0v) is 6.98. The van der Waals surface area contributed by atoms with E-state index in [1.165, 1.54) is 12.4 Å². The van der Waals surface area contributed by atoms with Crippen LogP contribution in [0.4, 0.5) is 4.39 Å². The van der Waals surface area contributed by atoms with Gasteiger partial charge in [0.1, 0.15) is 0 Å². The molecule has 1 heterocycles. The molecule has 0 radical (unpaired) electrons. The van der Waals surface area contributed by atoms with Crippen LogP contribution < -0.4 is 0 Å². The summed E-state index contributed by atoms with van der Waals surface area (Å²) in [7, 11) is 0. The Kier molecular flexibility index (Phi) is 3.49. The van der Waals surface area contributed by atoms with Crippen LogP contribution in [0.25, 0.3) is 0 Å². The lowest BCUT2D eigenvalue weighted by molar-refractivity contribution is 0.538. The number of halogens is 2. The van der Waals surface area contributed by atoms with E-state index in [1.54, 1.807) is 0 Å². The van der Waals surface area contributed by atoms with Crippen LogP contribution >= 0.6 is 11.6 Å². The molecule has 0 amide bonds. The zero-order valence-electron chi connectivity index (χ0n) is 6.22. The second-order valence-corrected chi connectivity index (χ2v) is 2.36. The Labute approximate surface area is 74.8 Å². The predicted molar refractivity (Wildman–Crippen MR) is 44.2 cm³/mol. The maximum Gasteiger partial charge on any atom is 0.308 e. The molecule has 0 fully saturated rings. The van der Waals surface area contributed by atoms with Gasteiger partial charge in [-0.3, -0.25) is 0 Å². The SMILES string of the molecule is Fc1ncc(C#CCCCl)cn1. The summed E-state index contributed by atoms with van der Waals surface area (Å²) in [6.45, 7) is 0. The van der Waals surface area contributed by atoms with Gasteiger partial charge in [-0.25, -0.2) is 9.97 Å². The third kappa shape index (κ3) is 2.85. The van der Waals surface area contributed by atoms with Gasteiger partial charge in [-0.2, -0.15) is 4.39 Å². The van der Waals surface area contributed by atoms with Crippen LogP contribution in [0, 0.1) is 17.9 Å². The van der Waals surface area contributed by atoms with Crippen LogP contribution in [-0.4, -0.2) is 15.8 Å². The standard InChI is InChI=1S/C8H6ClFN2/c9-4-2-1-3-7-5-11-8(10)12-6-7/h5-6H,2,4H2. The smallest absolute Gasteiger partial charge is 0.209 e. The first-order chi connectivity index (χ1) is 5.83. The summed E-state index contributed by atoms with van der Waals surface area (Å²) in [6, 6.07) is 0. The first-order valence-corrected chi connectivity index (χ1v) is 3.89. The molecule has 0 atom stereocenters. The molecule has 1 aromatic heterocycles. The lowest BCUT2D eigenvalue weighted by Gasteiger charge is -1.86. The van der Waals surface area contributed by atoms with Gasteiger partial charge < -0.3 is 0 Å². The molecule has 0 spiro atoms. The van der Waals surface area contributed by atoms with Gasteiger partial charge in [0.25, 0.3) is 0 Å². The van der Waals surface area contributed by atoms with Crippen molar-refractivity contribution in [1.29, 1.82) is 0 Å². The first-order valence-electron chi connectivity index (χ1n) is 3.35. The Bertz CT molecular complexity index is 299. The number of hydrogen-bond acceptors (Lipinski definition) is 2. The van der Waals surface area contributed by atoms with Crippen molar-refractivity contribution in [2.75, 3.05) is 5.88 Å².